The maximum atomic E-state index is 12.0. The van der Waals surface area contributed by atoms with Crippen LogP contribution in [0.3, 0.4) is 0 Å². The molecule has 4 heteroatoms. The fourth-order valence-electron chi connectivity index (χ4n) is 2.97. The van der Waals surface area contributed by atoms with Gasteiger partial charge in [0.2, 0.25) is 0 Å². The van der Waals surface area contributed by atoms with Gasteiger partial charge in [-0.15, -0.1) is 0 Å². The largest absolute Gasteiger partial charge is 0.468 e. The molecule has 2 fully saturated rings. The molecule has 1 aliphatic heterocycles. The Kier molecular flexibility index (Phi) is 4.85. The first-order chi connectivity index (χ1) is 9.07. The number of ether oxygens (including phenoxy) is 1. The summed E-state index contributed by atoms with van der Waals surface area (Å²) in [6.07, 6.45) is 5.79. The van der Waals surface area contributed by atoms with Crippen LogP contribution in [0.5, 0.6) is 0 Å². The van der Waals surface area contributed by atoms with E-state index in [4.69, 9.17) is 4.74 Å². The maximum Gasteiger partial charge on any atom is 0.325 e. The summed E-state index contributed by atoms with van der Waals surface area (Å²) >= 11 is 0. The second kappa shape index (κ2) is 6.23. The normalized spacial score (nSPS) is 27.2. The van der Waals surface area contributed by atoms with Crippen molar-refractivity contribution < 1.29 is 9.53 Å². The molecule has 4 nitrogen and oxygen atoms in total. The van der Waals surface area contributed by atoms with E-state index in [-0.39, 0.29) is 5.97 Å². The summed E-state index contributed by atoms with van der Waals surface area (Å²) < 4.78 is 4.98. The van der Waals surface area contributed by atoms with E-state index in [1.165, 1.54) is 45.9 Å². The van der Waals surface area contributed by atoms with Crippen molar-refractivity contribution in [3.05, 3.63) is 0 Å². The van der Waals surface area contributed by atoms with E-state index in [9.17, 15) is 4.79 Å². The molecule has 0 amide bonds. The summed E-state index contributed by atoms with van der Waals surface area (Å²) in [5, 5.41) is 3.47. The lowest BCUT2D eigenvalue weighted by Crippen LogP contribution is -2.52. The lowest BCUT2D eigenvalue weighted by molar-refractivity contribution is -0.148. The minimum atomic E-state index is -0.514. The van der Waals surface area contributed by atoms with E-state index in [1.807, 2.05) is 6.92 Å². The Labute approximate surface area is 116 Å². The summed E-state index contributed by atoms with van der Waals surface area (Å²) in [7, 11) is 1.48. The fourth-order valence-corrected chi connectivity index (χ4v) is 2.97. The highest BCUT2D eigenvalue weighted by Gasteiger charge is 2.39. The van der Waals surface area contributed by atoms with Crippen LogP contribution in [0.1, 0.15) is 46.0 Å². The molecule has 1 aliphatic carbocycles. The van der Waals surface area contributed by atoms with Gasteiger partial charge in [-0.3, -0.25) is 10.1 Å². The highest BCUT2D eigenvalue weighted by atomic mass is 16.5. The van der Waals surface area contributed by atoms with Crippen LogP contribution < -0.4 is 5.32 Å². The summed E-state index contributed by atoms with van der Waals surface area (Å²) in [6, 6.07) is 0.520. The van der Waals surface area contributed by atoms with Crippen molar-refractivity contribution in [1.29, 1.82) is 0 Å². The number of likely N-dealkylation sites (tertiary alicyclic amines) is 1. The number of hydrogen-bond donors (Lipinski definition) is 1. The van der Waals surface area contributed by atoms with Gasteiger partial charge < -0.3 is 9.64 Å². The van der Waals surface area contributed by atoms with Crippen molar-refractivity contribution in [2.45, 2.75) is 57.5 Å². The molecule has 1 heterocycles. The molecule has 2 atom stereocenters. The Morgan fingerprint density at radius 1 is 1.42 bits per heavy atom. The molecule has 0 aromatic heterocycles. The van der Waals surface area contributed by atoms with Crippen molar-refractivity contribution in [2.24, 2.45) is 5.92 Å². The average molecular weight is 268 g/mol. The smallest absolute Gasteiger partial charge is 0.325 e. The Balaban J connectivity index is 1.84. The van der Waals surface area contributed by atoms with E-state index in [1.54, 1.807) is 0 Å². The second-order valence-corrected chi connectivity index (χ2v) is 6.36. The number of carbonyl (C=O) groups excluding carboxylic acids is 1. The molecular formula is C15H28N2O2. The molecule has 110 valence electrons. The summed E-state index contributed by atoms with van der Waals surface area (Å²) in [6.45, 7) is 7.62. The predicted molar refractivity (Wildman–Crippen MR) is 76.0 cm³/mol. The monoisotopic (exact) mass is 268 g/mol. The standard InChI is InChI=1S/C15H28N2O2/c1-4-12-7-9-17(11-12)10-8-15(2,14(18)19-3)16-13-5-6-13/h12-13,16H,4-11H2,1-3H3. The molecule has 1 N–H and O–H groups in total. The lowest BCUT2D eigenvalue weighted by Gasteiger charge is -2.30. The molecule has 2 aliphatic rings. The van der Waals surface area contributed by atoms with E-state index in [2.05, 4.69) is 17.1 Å². The van der Waals surface area contributed by atoms with Gasteiger partial charge in [0.25, 0.3) is 0 Å². The van der Waals surface area contributed by atoms with Gasteiger partial charge in [-0.2, -0.15) is 0 Å². The first-order valence-corrected chi connectivity index (χ1v) is 7.66. The first-order valence-electron chi connectivity index (χ1n) is 7.66. The first kappa shape index (κ1) is 14.8. The van der Waals surface area contributed by atoms with Gasteiger partial charge in [0.1, 0.15) is 5.54 Å². The molecule has 2 unspecified atom stereocenters. The van der Waals surface area contributed by atoms with Crippen molar-refractivity contribution in [2.75, 3.05) is 26.7 Å². The van der Waals surface area contributed by atoms with E-state index < -0.39 is 5.54 Å². The lowest BCUT2D eigenvalue weighted by atomic mass is 9.97. The summed E-state index contributed by atoms with van der Waals surface area (Å²) in [5.41, 5.74) is -0.514. The number of methoxy groups -OCH3 is 1. The SMILES string of the molecule is CCC1CCN(CCC(C)(NC2CC2)C(=O)OC)C1. The Morgan fingerprint density at radius 2 is 2.16 bits per heavy atom. The van der Waals surface area contributed by atoms with Crippen molar-refractivity contribution >= 4 is 5.97 Å². The van der Waals surface area contributed by atoms with Gasteiger partial charge in [-0.05, 0) is 45.1 Å². The Morgan fingerprint density at radius 3 is 2.68 bits per heavy atom. The van der Waals surface area contributed by atoms with Crippen LogP contribution in [0.15, 0.2) is 0 Å². The van der Waals surface area contributed by atoms with Gasteiger partial charge in [-0.1, -0.05) is 13.3 Å². The molecule has 2 rings (SSSR count). The van der Waals surface area contributed by atoms with Gasteiger partial charge in [0.05, 0.1) is 7.11 Å². The fraction of sp³-hybridized carbons (Fsp3) is 0.933. The highest BCUT2D eigenvalue weighted by molar-refractivity contribution is 5.80. The number of hydrogen-bond acceptors (Lipinski definition) is 4. The van der Waals surface area contributed by atoms with Crippen LogP contribution in [0.2, 0.25) is 0 Å². The molecule has 0 spiro atoms. The quantitative estimate of drug-likeness (QED) is 0.715. The van der Waals surface area contributed by atoms with E-state index >= 15 is 0 Å². The predicted octanol–water partition coefficient (Wildman–Crippen LogP) is 1.79. The minimum absolute atomic E-state index is 0.120. The molecule has 1 saturated carbocycles. The Bertz CT molecular complexity index is 317. The third kappa shape index (κ3) is 3.93. The second-order valence-electron chi connectivity index (χ2n) is 6.36. The van der Waals surface area contributed by atoms with Crippen LogP contribution in [0.25, 0.3) is 0 Å². The van der Waals surface area contributed by atoms with Crippen LogP contribution in [-0.4, -0.2) is 49.2 Å². The third-order valence-corrected chi connectivity index (χ3v) is 4.61. The third-order valence-electron chi connectivity index (χ3n) is 4.61. The summed E-state index contributed by atoms with van der Waals surface area (Å²) in [5.74, 6) is 0.728. The summed E-state index contributed by atoms with van der Waals surface area (Å²) in [4.78, 5) is 14.5. The molecule has 0 aromatic rings. The van der Waals surface area contributed by atoms with Gasteiger partial charge >= 0.3 is 5.97 Å². The van der Waals surface area contributed by atoms with Crippen molar-refractivity contribution in [3.8, 4) is 0 Å². The van der Waals surface area contributed by atoms with Gasteiger partial charge in [-0.25, -0.2) is 0 Å². The molecule has 0 radical (unpaired) electrons. The maximum absolute atomic E-state index is 12.0. The average Bonchev–Trinajstić information content (AvgIpc) is 3.09. The number of carbonyl (C=O) groups is 1. The number of rotatable bonds is 7. The molecule has 0 bridgehead atoms. The molecule has 1 saturated heterocycles. The zero-order valence-electron chi connectivity index (χ0n) is 12.6. The zero-order chi connectivity index (χ0) is 13.9. The van der Waals surface area contributed by atoms with Gasteiger partial charge in [0.15, 0.2) is 0 Å². The topological polar surface area (TPSA) is 41.6 Å². The number of nitrogens with one attached hydrogen (secondary N) is 1. The van der Waals surface area contributed by atoms with Crippen molar-refractivity contribution in [3.63, 3.8) is 0 Å². The van der Waals surface area contributed by atoms with Crippen LogP contribution >= 0.6 is 0 Å². The molecule has 0 aromatic carbocycles. The minimum Gasteiger partial charge on any atom is -0.468 e. The van der Waals surface area contributed by atoms with Crippen LogP contribution in [0.4, 0.5) is 0 Å². The molecule has 19 heavy (non-hydrogen) atoms. The number of nitrogens with zero attached hydrogens (tertiary/aromatic N) is 1. The highest BCUT2D eigenvalue weighted by Crippen LogP contribution is 2.26. The molecular weight excluding hydrogens is 240 g/mol. The zero-order valence-corrected chi connectivity index (χ0v) is 12.6. The van der Waals surface area contributed by atoms with Crippen LogP contribution in [-0.2, 0) is 9.53 Å². The van der Waals surface area contributed by atoms with E-state index in [0.717, 1.165) is 18.9 Å². The van der Waals surface area contributed by atoms with Gasteiger partial charge in [0, 0.05) is 19.1 Å². The van der Waals surface area contributed by atoms with Crippen LogP contribution in [0, 0.1) is 5.92 Å². The number of esters is 1. The van der Waals surface area contributed by atoms with Crippen molar-refractivity contribution in [1.82, 2.24) is 10.2 Å². The van der Waals surface area contributed by atoms with E-state index in [0.29, 0.717) is 6.04 Å². The Hall–Kier alpha value is -0.610.